The van der Waals surface area contributed by atoms with E-state index in [-0.39, 0.29) is 54.2 Å². The van der Waals surface area contributed by atoms with Gasteiger partial charge in [0.25, 0.3) is 0 Å². The third-order valence-electron chi connectivity index (χ3n) is 8.79. The second-order valence-corrected chi connectivity index (χ2v) is 13.0. The lowest BCUT2D eigenvalue weighted by atomic mass is 9.70. The topological polar surface area (TPSA) is 125 Å². The molecule has 3 heterocycles. The van der Waals surface area contributed by atoms with E-state index in [9.17, 15) is 24.3 Å². The summed E-state index contributed by atoms with van der Waals surface area (Å²) in [5.74, 6) is -3.42. The summed E-state index contributed by atoms with van der Waals surface area (Å²) in [6, 6.07) is -1.82. The Morgan fingerprint density at radius 2 is 1.95 bits per heavy atom. The minimum Gasteiger partial charge on any atom is -0.460 e. The van der Waals surface area contributed by atoms with Gasteiger partial charge in [0.15, 0.2) is 0 Å². The Hall–Kier alpha value is -2.24. The summed E-state index contributed by atoms with van der Waals surface area (Å²) in [5.41, 5.74) is -1.26. The molecular formula is C30H46BrN3O7. The zero-order valence-electron chi connectivity index (χ0n) is 24.9. The van der Waals surface area contributed by atoms with E-state index >= 15 is 0 Å². The molecule has 9 atom stereocenters. The predicted octanol–water partition coefficient (Wildman–Crippen LogP) is 2.58. The SMILES string of the molecule is C=CCCC(=O)NC[C@@H](C)OC(=O)[C@@H]1[C@H]2O[C@@]3(CC2Br)[C@H](C(=O)N(CC=C)C(C)C)N([C@@H](CO)[C@@H](C)CC)C(=O)[C@@H]13. The molecule has 1 unspecified atom stereocenters. The van der Waals surface area contributed by atoms with Gasteiger partial charge in [-0.15, -0.1) is 13.2 Å². The van der Waals surface area contributed by atoms with Gasteiger partial charge in [-0.1, -0.05) is 48.4 Å². The number of esters is 1. The normalized spacial score (nSPS) is 30.5. The van der Waals surface area contributed by atoms with Crippen molar-refractivity contribution in [3.8, 4) is 0 Å². The van der Waals surface area contributed by atoms with Crippen LogP contribution in [0.25, 0.3) is 0 Å². The number of rotatable bonds is 15. The fourth-order valence-electron chi connectivity index (χ4n) is 6.54. The van der Waals surface area contributed by atoms with E-state index in [1.54, 1.807) is 24.0 Å². The minimum absolute atomic E-state index is 0.103. The molecule has 10 nitrogen and oxygen atoms in total. The first-order valence-electron chi connectivity index (χ1n) is 14.6. The highest BCUT2D eigenvalue weighted by atomic mass is 79.9. The zero-order valence-corrected chi connectivity index (χ0v) is 26.5. The molecule has 11 heteroatoms. The monoisotopic (exact) mass is 639 g/mol. The Balaban J connectivity index is 1.97. The van der Waals surface area contributed by atoms with Crippen molar-refractivity contribution in [3.05, 3.63) is 25.3 Å². The summed E-state index contributed by atoms with van der Waals surface area (Å²) in [6.45, 7) is 16.9. The van der Waals surface area contributed by atoms with Gasteiger partial charge >= 0.3 is 5.97 Å². The number of amides is 3. The first kappa shape index (κ1) is 33.3. The highest BCUT2D eigenvalue weighted by Crippen LogP contribution is 2.61. The van der Waals surface area contributed by atoms with E-state index in [0.717, 1.165) is 0 Å². The van der Waals surface area contributed by atoms with Crippen LogP contribution in [0.15, 0.2) is 25.3 Å². The van der Waals surface area contributed by atoms with Crippen molar-refractivity contribution in [2.45, 2.75) is 101 Å². The van der Waals surface area contributed by atoms with Gasteiger partial charge in [0, 0.05) is 23.8 Å². The fourth-order valence-corrected chi connectivity index (χ4v) is 7.48. The molecule has 3 saturated heterocycles. The van der Waals surface area contributed by atoms with Crippen molar-refractivity contribution >= 4 is 39.6 Å². The number of hydrogen-bond donors (Lipinski definition) is 2. The molecule has 3 amide bonds. The number of aliphatic hydroxyl groups is 1. The molecule has 1 spiro atoms. The summed E-state index contributed by atoms with van der Waals surface area (Å²) in [6.07, 6.45) is 3.88. The van der Waals surface area contributed by atoms with Gasteiger partial charge in [-0.2, -0.15) is 0 Å². The van der Waals surface area contributed by atoms with E-state index in [0.29, 0.717) is 25.7 Å². The average molecular weight is 641 g/mol. The standard InChI is InChI=1S/C30H46BrN3O7/c1-8-11-12-22(36)32-15-19(7)40-29(39)23-24-27(37)34(21(16-35)18(6)10-3)26(28(38)33(13-9-2)17(4)5)30(24)14-20(31)25(23)41-30/h8-9,17-21,23-26,35H,1-2,10-16H2,3-7H3,(H,32,36)/t18-,19+,20?,21-,23-,24+,25-,26-,30+/m0/s1. The Bertz CT molecular complexity index is 1020. The van der Waals surface area contributed by atoms with Crippen LogP contribution in [0.2, 0.25) is 0 Å². The van der Waals surface area contributed by atoms with E-state index in [2.05, 4.69) is 34.4 Å². The van der Waals surface area contributed by atoms with E-state index in [1.165, 1.54) is 4.90 Å². The molecule has 0 aromatic heterocycles. The number of ether oxygens (including phenoxy) is 2. The molecule has 0 aromatic carbocycles. The second-order valence-electron chi connectivity index (χ2n) is 11.8. The average Bonchev–Trinajstić information content (AvgIpc) is 3.52. The second kappa shape index (κ2) is 13.8. The molecule has 230 valence electrons. The number of halogens is 1. The minimum atomic E-state index is -1.26. The van der Waals surface area contributed by atoms with Crippen molar-refractivity contribution in [1.29, 1.82) is 0 Å². The van der Waals surface area contributed by atoms with Gasteiger partial charge in [0.1, 0.15) is 17.7 Å². The number of allylic oxidation sites excluding steroid dienone is 1. The Kier molecular flexibility index (Phi) is 11.2. The van der Waals surface area contributed by atoms with Gasteiger partial charge in [-0.25, -0.2) is 0 Å². The summed E-state index contributed by atoms with van der Waals surface area (Å²) in [5, 5.41) is 13.2. The van der Waals surface area contributed by atoms with E-state index in [4.69, 9.17) is 9.47 Å². The maximum absolute atomic E-state index is 14.3. The third kappa shape index (κ3) is 6.27. The molecule has 3 fully saturated rings. The predicted molar refractivity (Wildman–Crippen MR) is 158 cm³/mol. The molecule has 0 aromatic rings. The molecule has 2 bridgehead atoms. The molecule has 3 rings (SSSR count). The lowest BCUT2D eigenvalue weighted by molar-refractivity contribution is -0.160. The van der Waals surface area contributed by atoms with Crippen LogP contribution in [-0.4, -0.2) is 99.1 Å². The number of aliphatic hydroxyl groups excluding tert-OH is 1. The number of hydrogen-bond acceptors (Lipinski definition) is 7. The van der Waals surface area contributed by atoms with Crippen LogP contribution in [0, 0.1) is 17.8 Å². The number of fused-ring (bicyclic) bond motifs is 1. The van der Waals surface area contributed by atoms with Gasteiger partial charge in [-0.05, 0) is 39.5 Å². The summed E-state index contributed by atoms with van der Waals surface area (Å²) < 4.78 is 12.3. The Labute approximate surface area is 252 Å². The van der Waals surface area contributed by atoms with Gasteiger partial charge in [0.2, 0.25) is 17.7 Å². The molecule has 3 aliphatic rings. The van der Waals surface area contributed by atoms with Crippen molar-refractivity contribution in [2.75, 3.05) is 19.7 Å². The number of carbonyl (C=O) groups is 4. The van der Waals surface area contributed by atoms with Crippen LogP contribution in [0.5, 0.6) is 0 Å². The lowest BCUT2D eigenvalue weighted by Gasteiger charge is -2.41. The van der Waals surface area contributed by atoms with Crippen LogP contribution in [-0.2, 0) is 28.7 Å². The van der Waals surface area contributed by atoms with Crippen LogP contribution in [0.4, 0.5) is 0 Å². The Morgan fingerprint density at radius 1 is 1.27 bits per heavy atom. The summed E-state index contributed by atoms with van der Waals surface area (Å²) in [7, 11) is 0. The zero-order chi connectivity index (χ0) is 30.6. The molecule has 0 radical (unpaired) electrons. The first-order valence-corrected chi connectivity index (χ1v) is 15.6. The quantitative estimate of drug-likeness (QED) is 0.160. The fraction of sp³-hybridized carbons (Fsp3) is 0.733. The highest BCUT2D eigenvalue weighted by Gasteiger charge is 2.77. The molecular weight excluding hydrogens is 594 g/mol. The summed E-state index contributed by atoms with van der Waals surface area (Å²) in [4.78, 5) is 57.2. The molecule has 3 aliphatic heterocycles. The van der Waals surface area contributed by atoms with Crippen LogP contribution in [0.1, 0.15) is 60.3 Å². The molecule has 0 aliphatic carbocycles. The Morgan fingerprint density at radius 3 is 2.51 bits per heavy atom. The van der Waals surface area contributed by atoms with Gasteiger partial charge in [-0.3, -0.25) is 19.2 Å². The van der Waals surface area contributed by atoms with E-state index < -0.39 is 47.7 Å². The largest absolute Gasteiger partial charge is 0.460 e. The highest BCUT2D eigenvalue weighted by molar-refractivity contribution is 9.09. The van der Waals surface area contributed by atoms with Crippen LogP contribution >= 0.6 is 15.9 Å². The maximum atomic E-state index is 14.3. The maximum Gasteiger partial charge on any atom is 0.312 e. The number of nitrogens with zero attached hydrogens (tertiary/aromatic N) is 2. The molecule has 2 N–H and O–H groups in total. The van der Waals surface area contributed by atoms with Crippen molar-refractivity contribution in [2.24, 2.45) is 17.8 Å². The smallest absolute Gasteiger partial charge is 0.312 e. The van der Waals surface area contributed by atoms with Crippen molar-refractivity contribution in [3.63, 3.8) is 0 Å². The number of likely N-dealkylation sites (tertiary alicyclic amines) is 1. The van der Waals surface area contributed by atoms with Crippen molar-refractivity contribution < 1.29 is 33.8 Å². The number of carbonyl (C=O) groups excluding carboxylic acids is 4. The van der Waals surface area contributed by atoms with Crippen LogP contribution in [0.3, 0.4) is 0 Å². The molecule has 0 saturated carbocycles. The van der Waals surface area contributed by atoms with Gasteiger partial charge < -0.3 is 29.7 Å². The lowest BCUT2D eigenvalue weighted by Crippen LogP contribution is -2.60. The molecule has 41 heavy (non-hydrogen) atoms. The van der Waals surface area contributed by atoms with E-state index in [1.807, 2.05) is 27.7 Å². The van der Waals surface area contributed by atoms with Crippen LogP contribution < -0.4 is 5.32 Å². The third-order valence-corrected chi connectivity index (χ3v) is 9.63. The van der Waals surface area contributed by atoms with Gasteiger partial charge in [0.05, 0.1) is 37.1 Å². The summed E-state index contributed by atoms with van der Waals surface area (Å²) >= 11 is 3.67. The number of nitrogens with one attached hydrogen (secondary N) is 1. The first-order chi connectivity index (χ1) is 19.4. The number of alkyl halides is 1. The van der Waals surface area contributed by atoms with Crippen molar-refractivity contribution in [1.82, 2.24) is 15.1 Å².